The second-order valence-corrected chi connectivity index (χ2v) is 6.10. The van der Waals surface area contributed by atoms with Gasteiger partial charge in [-0.15, -0.1) is 0 Å². The molecule has 6 heteroatoms. The minimum atomic E-state index is -1.00. The van der Waals surface area contributed by atoms with Crippen molar-refractivity contribution in [1.29, 1.82) is 0 Å². The molecule has 0 aliphatic carbocycles. The number of nitrogens with zero attached hydrogens (tertiary/aromatic N) is 1. The summed E-state index contributed by atoms with van der Waals surface area (Å²) >= 11 is 0. The molecule has 1 fully saturated rings. The SMILES string of the molecule is COc1cc(C(=O)O)ccc1-c1ccc(C(=O)N2CC[C@@H](N)C2)cc1. The number of carbonyl (C=O) groups excluding carboxylic acids is 1. The van der Waals surface area contributed by atoms with E-state index in [0.29, 0.717) is 24.4 Å². The fourth-order valence-electron chi connectivity index (χ4n) is 3.01. The van der Waals surface area contributed by atoms with Crippen LogP contribution in [0, 0.1) is 0 Å². The van der Waals surface area contributed by atoms with Crippen LogP contribution >= 0.6 is 0 Å². The number of likely N-dealkylation sites (tertiary alicyclic amines) is 1. The van der Waals surface area contributed by atoms with Crippen molar-refractivity contribution in [2.45, 2.75) is 12.5 Å². The van der Waals surface area contributed by atoms with Crippen molar-refractivity contribution in [1.82, 2.24) is 4.90 Å². The maximum absolute atomic E-state index is 12.5. The predicted molar refractivity (Wildman–Crippen MR) is 93.9 cm³/mol. The average Bonchev–Trinajstić information content (AvgIpc) is 3.07. The first kappa shape index (κ1) is 17.0. The molecule has 0 saturated carbocycles. The predicted octanol–water partition coefficient (Wildman–Crippen LogP) is 2.23. The Labute approximate surface area is 145 Å². The molecule has 1 amide bonds. The van der Waals surface area contributed by atoms with E-state index in [0.717, 1.165) is 17.5 Å². The number of ether oxygens (including phenoxy) is 1. The second-order valence-electron chi connectivity index (χ2n) is 6.10. The minimum absolute atomic E-state index is 0.0207. The number of amides is 1. The van der Waals surface area contributed by atoms with Gasteiger partial charge in [0, 0.05) is 30.3 Å². The van der Waals surface area contributed by atoms with Crippen LogP contribution in [0.1, 0.15) is 27.1 Å². The molecule has 0 unspecified atom stereocenters. The molecular formula is C19H20N2O4. The van der Waals surface area contributed by atoms with Crippen LogP contribution in [0.2, 0.25) is 0 Å². The molecule has 0 bridgehead atoms. The zero-order chi connectivity index (χ0) is 18.0. The maximum atomic E-state index is 12.5. The standard InChI is InChI=1S/C19H20N2O4/c1-25-17-10-14(19(23)24)6-7-16(17)12-2-4-13(5-3-12)18(22)21-9-8-15(20)11-21/h2-7,10,15H,8-9,11,20H2,1H3,(H,23,24)/t15-/m1/s1. The molecule has 1 heterocycles. The summed E-state index contributed by atoms with van der Waals surface area (Å²) in [4.78, 5) is 25.3. The van der Waals surface area contributed by atoms with Gasteiger partial charge in [-0.25, -0.2) is 4.79 Å². The van der Waals surface area contributed by atoms with Crippen LogP contribution < -0.4 is 10.5 Å². The lowest BCUT2D eigenvalue weighted by atomic mass is 10.0. The van der Waals surface area contributed by atoms with Gasteiger partial charge in [0.05, 0.1) is 12.7 Å². The van der Waals surface area contributed by atoms with Crippen LogP contribution in [-0.4, -0.2) is 48.1 Å². The van der Waals surface area contributed by atoms with Gasteiger partial charge in [-0.3, -0.25) is 4.79 Å². The Bertz CT molecular complexity index is 802. The van der Waals surface area contributed by atoms with Gasteiger partial charge in [0.1, 0.15) is 5.75 Å². The Morgan fingerprint density at radius 1 is 1.16 bits per heavy atom. The van der Waals surface area contributed by atoms with E-state index in [1.165, 1.54) is 19.2 Å². The van der Waals surface area contributed by atoms with Gasteiger partial charge in [-0.05, 0) is 42.3 Å². The summed E-state index contributed by atoms with van der Waals surface area (Å²) in [5, 5.41) is 9.08. The summed E-state index contributed by atoms with van der Waals surface area (Å²) in [7, 11) is 1.50. The quantitative estimate of drug-likeness (QED) is 0.890. The van der Waals surface area contributed by atoms with E-state index in [2.05, 4.69) is 0 Å². The lowest BCUT2D eigenvalue weighted by molar-refractivity contribution is 0.0695. The molecule has 0 radical (unpaired) electrons. The van der Waals surface area contributed by atoms with E-state index in [1.807, 2.05) is 12.1 Å². The Morgan fingerprint density at radius 2 is 1.84 bits per heavy atom. The van der Waals surface area contributed by atoms with E-state index < -0.39 is 5.97 Å². The Balaban J connectivity index is 1.85. The first-order valence-electron chi connectivity index (χ1n) is 8.06. The highest BCUT2D eigenvalue weighted by molar-refractivity contribution is 5.95. The van der Waals surface area contributed by atoms with Gasteiger partial charge >= 0.3 is 5.97 Å². The van der Waals surface area contributed by atoms with Crippen molar-refractivity contribution in [3.05, 3.63) is 53.6 Å². The third kappa shape index (κ3) is 3.49. The van der Waals surface area contributed by atoms with Crippen LogP contribution in [0.4, 0.5) is 0 Å². The molecule has 0 aromatic heterocycles. The second kappa shape index (κ2) is 6.94. The van der Waals surface area contributed by atoms with Crippen LogP contribution in [0.25, 0.3) is 11.1 Å². The molecule has 2 aromatic rings. The molecule has 1 atom stereocenters. The zero-order valence-electron chi connectivity index (χ0n) is 13.9. The van der Waals surface area contributed by atoms with Gasteiger partial charge in [-0.1, -0.05) is 12.1 Å². The van der Waals surface area contributed by atoms with Gasteiger partial charge in [0.2, 0.25) is 0 Å². The van der Waals surface area contributed by atoms with Crippen molar-refractivity contribution in [2.75, 3.05) is 20.2 Å². The average molecular weight is 340 g/mol. The molecule has 2 aromatic carbocycles. The fraction of sp³-hybridized carbons (Fsp3) is 0.263. The van der Waals surface area contributed by atoms with Crippen molar-refractivity contribution in [3.8, 4) is 16.9 Å². The van der Waals surface area contributed by atoms with E-state index in [4.69, 9.17) is 15.6 Å². The van der Waals surface area contributed by atoms with Gasteiger partial charge in [0.25, 0.3) is 5.91 Å². The molecule has 6 nitrogen and oxygen atoms in total. The number of nitrogens with two attached hydrogens (primary N) is 1. The van der Waals surface area contributed by atoms with Crippen LogP contribution in [-0.2, 0) is 0 Å². The summed E-state index contributed by atoms with van der Waals surface area (Å²) < 4.78 is 5.31. The Kier molecular flexibility index (Phi) is 4.72. The number of carboxylic acid groups (broad SMARTS) is 1. The van der Waals surface area contributed by atoms with E-state index in [9.17, 15) is 9.59 Å². The number of carbonyl (C=O) groups is 2. The molecule has 1 aliphatic heterocycles. The van der Waals surface area contributed by atoms with Crippen LogP contribution in [0.3, 0.4) is 0 Å². The third-order valence-corrected chi connectivity index (χ3v) is 4.40. The minimum Gasteiger partial charge on any atom is -0.496 e. The van der Waals surface area contributed by atoms with E-state index in [1.54, 1.807) is 23.1 Å². The Morgan fingerprint density at radius 3 is 2.40 bits per heavy atom. The molecule has 130 valence electrons. The summed E-state index contributed by atoms with van der Waals surface area (Å²) in [6.07, 6.45) is 0.830. The third-order valence-electron chi connectivity index (χ3n) is 4.40. The monoisotopic (exact) mass is 340 g/mol. The number of hydrogen-bond donors (Lipinski definition) is 2. The van der Waals surface area contributed by atoms with Crippen molar-refractivity contribution in [3.63, 3.8) is 0 Å². The summed E-state index contributed by atoms with van der Waals surface area (Å²) in [6.45, 7) is 1.28. The van der Waals surface area contributed by atoms with Crippen LogP contribution in [0.15, 0.2) is 42.5 Å². The number of carboxylic acids is 1. The van der Waals surface area contributed by atoms with Gasteiger partial charge in [0.15, 0.2) is 0 Å². The largest absolute Gasteiger partial charge is 0.496 e. The maximum Gasteiger partial charge on any atom is 0.335 e. The molecule has 3 N–H and O–H groups in total. The number of rotatable bonds is 4. The topological polar surface area (TPSA) is 92.9 Å². The number of hydrogen-bond acceptors (Lipinski definition) is 4. The normalized spacial score (nSPS) is 16.7. The fourth-order valence-corrected chi connectivity index (χ4v) is 3.01. The van der Waals surface area contributed by atoms with Crippen molar-refractivity contribution < 1.29 is 19.4 Å². The number of aromatic carboxylic acids is 1. The lowest BCUT2D eigenvalue weighted by Gasteiger charge is -2.16. The van der Waals surface area contributed by atoms with Crippen LogP contribution in [0.5, 0.6) is 5.75 Å². The smallest absolute Gasteiger partial charge is 0.335 e. The highest BCUT2D eigenvalue weighted by atomic mass is 16.5. The van der Waals surface area contributed by atoms with Gasteiger partial charge < -0.3 is 20.5 Å². The Hall–Kier alpha value is -2.86. The molecule has 25 heavy (non-hydrogen) atoms. The molecule has 1 saturated heterocycles. The molecular weight excluding hydrogens is 320 g/mol. The zero-order valence-corrected chi connectivity index (χ0v) is 13.9. The number of benzene rings is 2. The first-order chi connectivity index (χ1) is 12.0. The molecule has 0 spiro atoms. The summed E-state index contributed by atoms with van der Waals surface area (Å²) in [5.74, 6) is -0.549. The summed E-state index contributed by atoms with van der Waals surface area (Å²) in [6, 6.07) is 12.0. The highest BCUT2D eigenvalue weighted by Crippen LogP contribution is 2.31. The highest BCUT2D eigenvalue weighted by Gasteiger charge is 2.24. The van der Waals surface area contributed by atoms with Crippen molar-refractivity contribution in [2.24, 2.45) is 5.73 Å². The lowest BCUT2D eigenvalue weighted by Crippen LogP contribution is -2.31. The molecule has 3 rings (SSSR count). The number of methoxy groups -OCH3 is 1. The summed E-state index contributed by atoms with van der Waals surface area (Å²) in [5.41, 5.74) is 8.26. The van der Waals surface area contributed by atoms with E-state index in [-0.39, 0.29) is 17.5 Å². The first-order valence-corrected chi connectivity index (χ1v) is 8.06. The van der Waals surface area contributed by atoms with E-state index >= 15 is 0 Å². The van der Waals surface area contributed by atoms with Gasteiger partial charge in [-0.2, -0.15) is 0 Å². The molecule has 1 aliphatic rings. The van der Waals surface area contributed by atoms with Crippen molar-refractivity contribution >= 4 is 11.9 Å².